The second kappa shape index (κ2) is 5.49. The first kappa shape index (κ1) is 13.4. The minimum Gasteiger partial charge on any atom is -0.359 e. The zero-order valence-corrected chi connectivity index (χ0v) is 12.2. The maximum atomic E-state index is 12.4. The zero-order chi connectivity index (χ0) is 15.6. The predicted molar refractivity (Wildman–Crippen MR) is 85.9 cm³/mol. The van der Waals surface area contributed by atoms with Gasteiger partial charge in [-0.05, 0) is 29.8 Å². The lowest BCUT2D eigenvalue weighted by atomic mass is 10.1. The van der Waals surface area contributed by atoms with Gasteiger partial charge in [0.15, 0.2) is 11.4 Å². The van der Waals surface area contributed by atoms with E-state index >= 15 is 0 Å². The number of aromatic amines is 2. The maximum absolute atomic E-state index is 12.4. The molecule has 0 bridgehead atoms. The largest absolute Gasteiger partial charge is 0.359 e. The fourth-order valence-corrected chi connectivity index (χ4v) is 2.55. The number of nitrogens with one attached hydrogen (secondary N) is 2. The summed E-state index contributed by atoms with van der Waals surface area (Å²) in [5.74, 6) is 0.0439. The summed E-state index contributed by atoms with van der Waals surface area (Å²) in [4.78, 5) is 23.7. The van der Waals surface area contributed by atoms with Gasteiger partial charge in [-0.2, -0.15) is 5.10 Å². The third-order valence-corrected chi connectivity index (χ3v) is 3.69. The van der Waals surface area contributed by atoms with Crippen molar-refractivity contribution in [3.05, 3.63) is 66.2 Å². The first-order chi connectivity index (χ1) is 11.3. The lowest BCUT2D eigenvalue weighted by molar-refractivity contribution is 0.0993. The standard InChI is InChI=1S/C17H13N5O/c23-15(7-11-3-1-5-18-9-11)12-8-14(20-10-12)16-13-4-2-6-19-17(13)22-21-16/h1-6,8-10,20H,7H2,(H,19,21,22). The van der Waals surface area contributed by atoms with Crippen molar-refractivity contribution in [1.29, 1.82) is 0 Å². The molecule has 2 N–H and O–H groups in total. The molecule has 6 nitrogen and oxygen atoms in total. The Hall–Kier alpha value is -3.28. The molecule has 4 aromatic heterocycles. The van der Waals surface area contributed by atoms with E-state index in [4.69, 9.17) is 0 Å². The molecule has 0 aliphatic carbocycles. The minimum absolute atomic E-state index is 0.0439. The number of fused-ring (bicyclic) bond motifs is 1. The van der Waals surface area contributed by atoms with Crippen LogP contribution >= 0.6 is 0 Å². The van der Waals surface area contributed by atoms with Gasteiger partial charge < -0.3 is 4.98 Å². The van der Waals surface area contributed by atoms with Crippen LogP contribution in [0.1, 0.15) is 15.9 Å². The normalized spacial score (nSPS) is 11.0. The van der Waals surface area contributed by atoms with Gasteiger partial charge in [0.2, 0.25) is 0 Å². The Morgan fingerprint density at radius 1 is 1.17 bits per heavy atom. The van der Waals surface area contributed by atoms with Gasteiger partial charge >= 0.3 is 0 Å². The van der Waals surface area contributed by atoms with Crippen molar-refractivity contribution in [1.82, 2.24) is 25.1 Å². The fraction of sp³-hybridized carbons (Fsp3) is 0.0588. The Balaban J connectivity index is 1.63. The number of carbonyl (C=O) groups is 1. The van der Waals surface area contributed by atoms with Crippen LogP contribution in [-0.4, -0.2) is 30.9 Å². The van der Waals surface area contributed by atoms with Crippen LogP contribution in [0.3, 0.4) is 0 Å². The van der Waals surface area contributed by atoms with Crippen LogP contribution in [-0.2, 0) is 6.42 Å². The summed E-state index contributed by atoms with van der Waals surface area (Å²) in [6.45, 7) is 0. The SMILES string of the molecule is O=C(Cc1cccnc1)c1c[nH]c(-c2[nH]nc3ncccc23)c1. The van der Waals surface area contributed by atoms with Crippen LogP contribution in [0.4, 0.5) is 0 Å². The predicted octanol–water partition coefficient (Wildman–Crippen LogP) is 2.77. The van der Waals surface area contributed by atoms with Crippen LogP contribution in [0.25, 0.3) is 22.4 Å². The van der Waals surface area contributed by atoms with Gasteiger partial charge in [-0.3, -0.25) is 14.9 Å². The van der Waals surface area contributed by atoms with Crippen LogP contribution in [0.5, 0.6) is 0 Å². The number of aromatic nitrogens is 5. The number of H-pyrrole nitrogens is 2. The van der Waals surface area contributed by atoms with Gasteiger partial charge in [0.1, 0.15) is 0 Å². The number of Topliss-reactive ketones (excluding diaryl/α,β-unsaturated/α-hetero) is 1. The highest BCUT2D eigenvalue weighted by molar-refractivity contribution is 5.99. The Morgan fingerprint density at radius 3 is 2.96 bits per heavy atom. The van der Waals surface area contributed by atoms with Crippen molar-refractivity contribution >= 4 is 16.8 Å². The second-order valence-electron chi connectivity index (χ2n) is 5.24. The second-order valence-corrected chi connectivity index (χ2v) is 5.24. The number of carbonyl (C=O) groups excluding carboxylic acids is 1. The molecule has 0 amide bonds. The van der Waals surface area contributed by atoms with Gasteiger partial charge in [0.05, 0.1) is 11.4 Å². The van der Waals surface area contributed by atoms with E-state index < -0.39 is 0 Å². The molecule has 6 heteroatoms. The highest BCUT2D eigenvalue weighted by Gasteiger charge is 2.13. The van der Waals surface area contributed by atoms with E-state index in [-0.39, 0.29) is 5.78 Å². The molecule has 112 valence electrons. The van der Waals surface area contributed by atoms with Gasteiger partial charge in [0.25, 0.3) is 0 Å². The molecule has 23 heavy (non-hydrogen) atoms. The highest BCUT2D eigenvalue weighted by Crippen LogP contribution is 2.24. The van der Waals surface area contributed by atoms with Crippen molar-refractivity contribution in [2.24, 2.45) is 0 Å². The lowest BCUT2D eigenvalue weighted by Gasteiger charge is -1.97. The molecular weight excluding hydrogens is 290 g/mol. The molecule has 0 unspecified atom stereocenters. The molecule has 0 atom stereocenters. The number of hydrogen-bond donors (Lipinski definition) is 2. The average Bonchev–Trinajstić information content (AvgIpc) is 3.22. The molecule has 0 radical (unpaired) electrons. The number of nitrogens with zero attached hydrogens (tertiary/aromatic N) is 3. The van der Waals surface area contributed by atoms with E-state index in [2.05, 4.69) is 25.1 Å². The van der Waals surface area contributed by atoms with E-state index in [1.165, 1.54) is 0 Å². The summed E-state index contributed by atoms with van der Waals surface area (Å²) in [5.41, 5.74) is 3.83. The third kappa shape index (κ3) is 2.50. The lowest BCUT2D eigenvalue weighted by Crippen LogP contribution is -2.02. The van der Waals surface area contributed by atoms with Crippen molar-refractivity contribution in [3.63, 3.8) is 0 Å². The Bertz CT molecular complexity index is 971. The quantitative estimate of drug-likeness (QED) is 0.567. The molecular formula is C17H13N5O. The molecule has 0 aliphatic rings. The van der Waals surface area contributed by atoms with E-state index in [0.717, 1.165) is 22.3 Å². The summed E-state index contributed by atoms with van der Waals surface area (Å²) in [6.07, 6.45) is 7.15. The molecule has 0 saturated carbocycles. The van der Waals surface area contributed by atoms with Gasteiger partial charge in [0, 0.05) is 42.2 Å². The maximum Gasteiger partial charge on any atom is 0.181 e. The monoisotopic (exact) mass is 303 g/mol. The summed E-state index contributed by atoms with van der Waals surface area (Å²) < 4.78 is 0. The van der Waals surface area contributed by atoms with Gasteiger partial charge in [-0.15, -0.1) is 0 Å². The minimum atomic E-state index is 0.0439. The van der Waals surface area contributed by atoms with E-state index in [0.29, 0.717) is 17.6 Å². The first-order valence-corrected chi connectivity index (χ1v) is 7.21. The Labute approximate surface area is 131 Å². The van der Waals surface area contributed by atoms with Gasteiger partial charge in [-0.1, -0.05) is 6.07 Å². The highest BCUT2D eigenvalue weighted by atomic mass is 16.1. The summed E-state index contributed by atoms with van der Waals surface area (Å²) in [6, 6.07) is 9.36. The van der Waals surface area contributed by atoms with E-state index in [1.807, 2.05) is 30.3 Å². The molecule has 4 rings (SSSR count). The number of ketones is 1. The molecule has 0 aliphatic heterocycles. The van der Waals surface area contributed by atoms with Crippen molar-refractivity contribution in [2.75, 3.05) is 0 Å². The molecule has 0 fully saturated rings. The van der Waals surface area contributed by atoms with Crippen molar-refractivity contribution < 1.29 is 4.79 Å². The number of rotatable bonds is 4. The van der Waals surface area contributed by atoms with E-state index in [1.54, 1.807) is 24.8 Å². The van der Waals surface area contributed by atoms with Crippen LogP contribution in [0.15, 0.2) is 55.1 Å². The van der Waals surface area contributed by atoms with Gasteiger partial charge in [-0.25, -0.2) is 4.98 Å². The summed E-state index contributed by atoms with van der Waals surface area (Å²) >= 11 is 0. The molecule has 0 aromatic carbocycles. The number of pyridine rings is 2. The average molecular weight is 303 g/mol. The molecule has 0 saturated heterocycles. The van der Waals surface area contributed by atoms with Crippen LogP contribution in [0.2, 0.25) is 0 Å². The first-order valence-electron chi connectivity index (χ1n) is 7.21. The topological polar surface area (TPSA) is 87.3 Å². The van der Waals surface area contributed by atoms with E-state index in [9.17, 15) is 4.79 Å². The Kier molecular flexibility index (Phi) is 3.20. The third-order valence-electron chi connectivity index (χ3n) is 3.69. The fourth-order valence-electron chi connectivity index (χ4n) is 2.55. The number of hydrogen-bond acceptors (Lipinski definition) is 4. The smallest absolute Gasteiger partial charge is 0.181 e. The van der Waals surface area contributed by atoms with Crippen LogP contribution in [0, 0.1) is 0 Å². The molecule has 4 heterocycles. The summed E-state index contributed by atoms with van der Waals surface area (Å²) in [5, 5.41) is 8.05. The van der Waals surface area contributed by atoms with Crippen molar-refractivity contribution in [3.8, 4) is 11.4 Å². The summed E-state index contributed by atoms with van der Waals surface area (Å²) in [7, 11) is 0. The van der Waals surface area contributed by atoms with Crippen molar-refractivity contribution in [2.45, 2.75) is 6.42 Å². The zero-order valence-electron chi connectivity index (χ0n) is 12.2. The van der Waals surface area contributed by atoms with Crippen LogP contribution < -0.4 is 0 Å². The Morgan fingerprint density at radius 2 is 2.09 bits per heavy atom. The molecule has 4 aromatic rings. The molecule has 0 spiro atoms.